The molecule has 6 heteroatoms. The van der Waals surface area contributed by atoms with Gasteiger partial charge in [0.05, 0.1) is 12.6 Å². The first-order valence-electron chi connectivity index (χ1n) is 11.2. The Labute approximate surface area is 170 Å². The third kappa shape index (κ3) is 6.97. The fourth-order valence-corrected chi connectivity index (χ4v) is 3.92. The number of pyridine rings is 1. The SMILES string of the molecule is CCNC(=NCc1ccc(N2CCCC2)nc1)NCCCOC1CCCCC1. The lowest BCUT2D eigenvalue weighted by molar-refractivity contribution is 0.0277. The minimum absolute atomic E-state index is 0.492. The normalized spacial score (nSPS) is 18.5. The molecule has 0 unspecified atom stereocenters. The minimum atomic E-state index is 0.492. The summed E-state index contributed by atoms with van der Waals surface area (Å²) in [6.45, 7) is 7.56. The van der Waals surface area contributed by atoms with Crippen LogP contribution in [0.25, 0.3) is 0 Å². The first kappa shape index (κ1) is 20.9. The summed E-state index contributed by atoms with van der Waals surface area (Å²) in [6.07, 6.45) is 12.5. The van der Waals surface area contributed by atoms with Crippen LogP contribution in [0.2, 0.25) is 0 Å². The van der Waals surface area contributed by atoms with E-state index in [9.17, 15) is 0 Å². The molecular weight excluding hydrogens is 350 g/mol. The van der Waals surface area contributed by atoms with Crippen LogP contribution in [0, 0.1) is 0 Å². The van der Waals surface area contributed by atoms with Gasteiger partial charge >= 0.3 is 0 Å². The van der Waals surface area contributed by atoms with E-state index in [1.165, 1.54) is 44.9 Å². The van der Waals surface area contributed by atoms with Gasteiger partial charge in [-0.15, -0.1) is 0 Å². The number of ether oxygens (including phenoxy) is 1. The highest BCUT2D eigenvalue weighted by Gasteiger charge is 2.14. The Balaban J connectivity index is 1.38. The van der Waals surface area contributed by atoms with E-state index >= 15 is 0 Å². The largest absolute Gasteiger partial charge is 0.378 e. The third-order valence-electron chi connectivity index (χ3n) is 5.52. The monoisotopic (exact) mass is 387 g/mol. The second kappa shape index (κ2) is 11.9. The highest BCUT2D eigenvalue weighted by atomic mass is 16.5. The van der Waals surface area contributed by atoms with Gasteiger partial charge in [0.25, 0.3) is 0 Å². The lowest BCUT2D eigenvalue weighted by Crippen LogP contribution is -2.38. The Morgan fingerprint density at radius 1 is 1.14 bits per heavy atom. The van der Waals surface area contributed by atoms with Crippen molar-refractivity contribution in [2.75, 3.05) is 37.7 Å². The number of anilines is 1. The maximum atomic E-state index is 5.99. The lowest BCUT2D eigenvalue weighted by Gasteiger charge is -2.22. The van der Waals surface area contributed by atoms with Crippen molar-refractivity contribution in [3.63, 3.8) is 0 Å². The van der Waals surface area contributed by atoms with Crippen molar-refractivity contribution in [2.45, 2.75) is 70.9 Å². The Hall–Kier alpha value is -1.82. The molecule has 1 aromatic heterocycles. The molecule has 2 N–H and O–H groups in total. The molecule has 1 aliphatic carbocycles. The quantitative estimate of drug-likeness (QED) is 0.386. The van der Waals surface area contributed by atoms with Gasteiger partial charge in [0.15, 0.2) is 5.96 Å². The van der Waals surface area contributed by atoms with Gasteiger partial charge < -0.3 is 20.3 Å². The summed E-state index contributed by atoms with van der Waals surface area (Å²) in [5.41, 5.74) is 1.14. The van der Waals surface area contributed by atoms with Crippen molar-refractivity contribution >= 4 is 11.8 Å². The maximum absolute atomic E-state index is 5.99. The Morgan fingerprint density at radius 2 is 1.96 bits per heavy atom. The van der Waals surface area contributed by atoms with Crippen LogP contribution in [0.15, 0.2) is 23.3 Å². The molecule has 2 fully saturated rings. The molecule has 28 heavy (non-hydrogen) atoms. The Bertz CT molecular complexity index is 577. The van der Waals surface area contributed by atoms with E-state index in [1.807, 2.05) is 6.20 Å². The number of hydrogen-bond donors (Lipinski definition) is 2. The number of nitrogens with one attached hydrogen (secondary N) is 2. The predicted octanol–water partition coefficient (Wildman–Crippen LogP) is 3.48. The minimum Gasteiger partial charge on any atom is -0.378 e. The standard InChI is InChI=1S/C22H37N5O/c1-2-23-22(24-13-8-16-28-20-9-4-3-5-10-20)26-18-19-11-12-21(25-17-19)27-14-6-7-15-27/h11-12,17,20H,2-10,13-16,18H2,1H3,(H2,23,24,26). The van der Waals surface area contributed by atoms with E-state index < -0.39 is 0 Å². The summed E-state index contributed by atoms with van der Waals surface area (Å²) in [5.74, 6) is 1.96. The molecule has 0 aromatic carbocycles. The van der Waals surface area contributed by atoms with E-state index in [4.69, 9.17) is 9.73 Å². The summed E-state index contributed by atoms with van der Waals surface area (Å²) >= 11 is 0. The van der Waals surface area contributed by atoms with E-state index in [1.54, 1.807) is 0 Å². The zero-order chi connectivity index (χ0) is 19.4. The molecule has 0 radical (unpaired) electrons. The molecule has 6 nitrogen and oxygen atoms in total. The second-order valence-electron chi connectivity index (χ2n) is 7.83. The van der Waals surface area contributed by atoms with E-state index in [-0.39, 0.29) is 0 Å². The molecule has 156 valence electrons. The molecule has 1 aliphatic heterocycles. The van der Waals surface area contributed by atoms with Crippen molar-refractivity contribution in [1.82, 2.24) is 15.6 Å². The number of aliphatic imine (C=N–C) groups is 1. The van der Waals surface area contributed by atoms with Gasteiger partial charge in [-0.05, 0) is 50.7 Å². The molecule has 0 spiro atoms. The average Bonchev–Trinajstić information content (AvgIpc) is 3.28. The summed E-state index contributed by atoms with van der Waals surface area (Å²) in [7, 11) is 0. The molecule has 0 amide bonds. The third-order valence-corrected chi connectivity index (χ3v) is 5.52. The van der Waals surface area contributed by atoms with Gasteiger partial charge in [-0.1, -0.05) is 25.3 Å². The molecular formula is C22H37N5O. The zero-order valence-electron chi connectivity index (χ0n) is 17.5. The first-order chi connectivity index (χ1) is 13.8. The van der Waals surface area contributed by atoms with Crippen LogP contribution in [-0.2, 0) is 11.3 Å². The van der Waals surface area contributed by atoms with Crippen molar-refractivity contribution < 1.29 is 4.74 Å². The number of nitrogens with zero attached hydrogens (tertiary/aromatic N) is 3. The fraction of sp³-hybridized carbons (Fsp3) is 0.727. The summed E-state index contributed by atoms with van der Waals surface area (Å²) in [5, 5.41) is 6.73. The van der Waals surface area contributed by atoms with Crippen molar-refractivity contribution in [3.8, 4) is 0 Å². The lowest BCUT2D eigenvalue weighted by atomic mass is 9.98. The van der Waals surface area contributed by atoms with Crippen molar-refractivity contribution in [1.29, 1.82) is 0 Å². The zero-order valence-corrected chi connectivity index (χ0v) is 17.5. The highest BCUT2D eigenvalue weighted by molar-refractivity contribution is 5.79. The smallest absolute Gasteiger partial charge is 0.191 e. The number of aromatic nitrogens is 1. The van der Waals surface area contributed by atoms with Crippen LogP contribution in [0.5, 0.6) is 0 Å². The Kier molecular flexibility index (Phi) is 8.88. The molecule has 1 saturated carbocycles. The molecule has 0 bridgehead atoms. The summed E-state index contributed by atoms with van der Waals surface area (Å²) < 4.78 is 5.99. The molecule has 1 saturated heterocycles. The summed E-state index contributed by atoms with van der Waals surface area (Å²) in [6, 6.07) is 4.27. The van der Waals surface area contributed by atoms with Crippen molar-refractivity contribution in [2.24, 2.45) is 4.99 Å². The van der Waals surface area contributed by atoms with Crippen LogP contribution in [0.4, 0.5) is 5.82 Å². The topological polar surface area (TPSA) is 61.8 Å². The van der Waals surface area contributed by atoms with Gasteiger partial charge in [-0.3, -0.25) is 0 Å². The molecule has 2 heterocycles. The molecule has 1 aromatic rings. The van der Waals surface area contributed by atoms with Gasteiger partial charge in [0, 0.05) is 39.0 Å². The fourth-order valence-electron chi connectivity index (χ4n) is 3.92. The molecule has 3 rings (SSSR count). The van der Waals surface area contributed by atoms with Crippen molar-refractivity contribution in [3.05, 3.63) is 23.9 Å². The van der Waals surface area contributed by atoms with Gasteiger partial charge in [-0.2, -0.15) is 0 Å². The second-order valence-corrected chi connectivity index (χ2v) is 7.83. The van der Waals surface area contributed by atoms with Gasteiger partial charge in [0.2, 0.25) is 0 Å². The van der Waals surface area contributed by atoms with Crippen LogP contribution >= 0.6 is 0 Å². The maximum Gasteiger partial charge on any atom is 0.191 e. The Morgan fingerprint density at radius 3 is 2.68 bits per heavy atom. The van der Waals surface area contributed by atoms with Crippen LogP contribution in [-0.4, -0.2) is 49.8 Å². The highest BCUT2D eigenvalue weighted by Crippen LogP contribution is 2.20. The van der Waals surface area contributed by atoms with Gasteiger partial charge in [-0.25, -0.2) is 9.98 Å². The van der Waals surface area contributed by atoms with Crippen LogP contribution in [0.1, 0.15) is 63.9 Å². The van der Waals surface area contributed by atoms with E-state index in [2.05, 4.69) is 39.6 Å². The van der Waals surface area contributed by atoms with E-state index in [0.29, 0.717) is 12.6 Å². The first-order valence-corrected chi connectivity index (χ1v) is 11.2. The molecule has 0 atom stereocenters. The van der Waals surface area contributed by atoms with E-state index in [0.717, 1.165) is 56.5 Å². The van der Waals surface area contributed by atoms with Crippen LogP contribution < -0.4 is 15.5 Å². The summed E-state index contributed by atoms with van der Waals surface area (Å²) in [4.78, 5) is 11.7. The average molecular weight is 388 g/mol. The van der Waals surface area contributed by atoms with Gasteiger partial charge in [0.1, 0.15) is 5.82 Å². The number of guanidine groups is 1. The number of hydrogen-bond acceptors (Lipinski definition) is 4. The molecule has 2 aliphatic rings. The number of rotatable bonds is 9. The predicted molar refractivity (Wildman–Crippen MR) is 116 cm³/mol. The van der Waals surface area contributed by atoms with Crippen LogP contribution in [0.3, 0.4) is 0 Å².